The number of Topliss-reactive ketones (excluding diaryl/α,β-unsaturated/α-hetero) is 1. The van der Waals surface area contributed by atoms with Gasteiger partial charge in [-0.1, -0.05) is 30.3 Å². The van der Waals surface area contributed by atoms with E-state index in [-0.39, 0.29) is 5.78 Å². The maximum absolute atomic E-state index is 12.8. The quantitative estimate of drug-likeness (QED) is 0.583. The topological polar surface area (TPSA) is 70.5 Å². The number of rotatable bonds is 8. The predicted molar refractivity (Wildman–Crippen MR) is 123 cm³/mol. The van der Waals surface area contributed by atoms with Gasteiger partial charge in [0.1, 0.15) is 17.1 Å². The van der Waals surface area contributed by atoms with E-state index in [2.05, 4.69) is 32.3 Å². The zero-order valence-corrected chi connectivity index (χ0v) is 18.1. The lowest BCUT2D eigenvalue weighted by molar-refractivity contribution is 0.0999. The Labute approximate surface area is 180 Å². The number of aliphatic imine (C=N–C) groups is 1. The Kier molecular flexibility index (Phi) is 6.30. The van der Waals surface area contributed by atoms with E-state index in [9.17, 15) is 4.79 Å². The second kappa shape index (κ2) is 9.28. The molecule has 2 aromatic heterocycles. The molecule has 1 aromatic carbocycles. The molecule has 0 fully saturated rings. The van der Waals surface area contributed by atoms with Gasteiger partial charge in [0.05, 0.1) is 0 Å². The molecule has 0 aliphatic carbocycles. The number of nitrogens with zero attached hydrogens (tertiary/aromatic N) is 4. The Morgan fingerprint density at radius 3 is 2.77 bits per heavy atom. The van der Waals surface area contributed by atoms with Gasteiger partial charge in [0.15, 0.2) is 10.9 Å². The highest BCUT2D eigenvalue weighted by Crippen LogP contribution is 2.36. The van der Waals surface area contributed by atoms with Crippen LogP contribution >= 0.6 is 11.3 Å². The number of anilines is 1. The van der Waals surface area contributed by atoms with Gasteiger partial charge in [-0.25, -0.2) is 4.98 Å². The highest BCUT2D eigenvalue weighted by atomic mass is 32.1. The summed E-state index contributed by atoms with van der Waals surface area (Å²) in [6.45, 7) is 1.75. The van der Waals surface area contributed by atoms with Gasteiger partial charge in [-0.15, -0.1) is 11.3 Å². The normalized spacial score (nSPS) is 13.3. The Hall–Kier alpha value is -2.90. The molecule has 1 aliphatic rings. The van der Waals surface area contributed by atoms with Crippen LogP contribution in [0.4, 0.5) is 10.8 Å². The Bertz CT molecular complexity index is 1060. The number of thiazole rings is 1. The van der Waals surface area contributed by atoms with Gasteiger partial charge in [0.25, 0.3) is 0 Å². The van der Waals surface area contributed by atoms with Gasteiger partial charge in [0, 0.05) is 42.4 Å². The van der Waals surface area contributed by atoms with Crippen molar-refractivity contribution in [3.63, 3.8) is 0 Å². The molecule has 4 rings (SSSR count). The third kappa shape index (κ3) is 4.80. The lowest BCUT2D eigenvalue weighted by atomic mass is 9.96. The van der Waals surface area contributed by atoms with Crippen molar-refractivity contribution >= 4 is 33.7 Å². The average Bonchev–Trinajstić information content (AvgIpc) is 3.21. The number of ketones is 1. The molecular formula is C23H25N5OS. The number of fused-ring (bicyclic) bond motifs is 1. The molecule has 1 N–H and O–H groups in total. The van der Waals surface area contributed by atoms with Crippen LogP contribution in [0.3, 0.4) is 0 Å². The number of carbonyl (C=O) groups is 1. The van der Waals surface area contributed by atoms with E-state index in [4.69, 9.17) is 4.99 Å². The highest BCUT2D eigenvalue weighted by molar-refractivity contribution is 7.14. The van der Waals surface area contributed by atoms with E-state index in [0.717, 1.165) is 42.5 Å². The summed E-state index contributed by atoms with van der Waals surface area (Å²) in [7, 11) is 4.08. The molecule has 0 saturated carbocycles. The van der Waals surface area contributed by atoms with E-state index in [0.29, 0.717) is 23.4 Å². The maximum Gasteiger partial charge on any atom is 0.183 e. The summed E-state index contributed by atoms with van der Waals surface area (Å²) in [6, 6.07) is 12.1. The first kappa shape index (κ1) is 20.4. The molecule has 30 heavy (non-hydrogen) atoms. The number of hydrogen-bond acceptors (Lipinski definition) is 7. The molecule has 154 valence electrons. The maximum atomic E-state index is 12.8. The van der Waals surface area contributed by atoms with Crippen LogP contribution in [0.1, 0.15) is 28.8 Å². The summed E-state index contributed by atoms with van der Waals surface area (Å²) in [4.78, 5) is 28.9. The number of nitrogens with one attached hydrogen (secondary N) is 1. The van der Waals surface area contributed by atoms with Crippen LogP contribution < -0.4 is 5.32 Å². The number of likely N-dealkylation sites (N-methyl/N-ethyl adjacent to an activating group) is 1. The predicted octanol–water partition coefficient (Wildman–Crippen LogP) is 4.47. The fourth-order valence-electron chi connectivity index (χ4n) is 3.39. The molecule has 0 radical (unpaired) electrons. The van der Waals surface area contributed by atoms with Gasteiger partial charge in [-0.05, 0) is 38.6 Å². The van der Waals surface area contributed by atoms with Crippen LogP contribution in [0.2, 0.25) is 0 Å². The first-order valence-corrected chi connectivity index (χ1v) is 10.9. The number of pyridine rings is 1. The lowest BCUT2D eigenvalue weighted by Gasteiger charge is -2.16. The van der Waals surface area contributed by atoms with Crippen molar-refractivity contribution in [1.29, 1.82) is 0 Å². The van der Waals surface area contributed by atoms with Crippen LogP contribution in [0.25, 0.3) is 11.4 Å². The lowest BCUT2D eigenvalue weighted by Crippen LogP contribution is -2.20. The minimum absolute atomic E-state index is 0.103. The summed E-state index contributed by atoms with van der Waals surface area (Å²) in [5.74, 6) is 0.103. The molecule has 0 bridgehead atoms. The van der Waals surface area contributed by atoms with Gasteiger partial charge in [0.2, 0.25) is 0 Å². The summed E-state index contributed by atoms with van der Waals surface area (Å²) in [6.07, 6.45) is 3.68. The monoisotopic (exact) mass is 419 g/mol. The Morgan fingerprint density at radius 2 is 1.97 bits per heavy atom. The molecule has 0 unspecified atom stereocenters. The summed E-state index contributed by atoms with van der Waals surface area (Å²) >= 11 is 1.54. The number of aryl methyl sites for hydroxylation is 1. The minimum atomic E-state index is 0.103. The summed E-state index contributed by atoms with van der Waals surface area (Å²) in [5.41, 5.74) is 4.88. The van der Waals surface area contributed by atoms with Crippen LogP contribution in [0.5, 0.6) is 0 Å². The van der Waals surface area contributed by atoms with Crippen molar-refractivity contribution in [3.05, 3.63) is 59.1 Å². The number of aromatic nitrogens is 2. The Balaban J connectivity index is 1.56. The molecule has 3 heterocycles. The van der Waals surface area contributed by atoms with E-state index in [1.54, 1.807) is 23.6 Å². The standard InChI is InChI=1S/C23H25N5OS/c1-28(2)13-12-25-23-27-19(15-30-23)22-21-18(10-11-24-22)20(29)14-17(26-21)9-8-16-6-4-3-5-7-16/h3-7,10-11,15H,8-9,12-14H2,1-2H3,(H,25,27). The van der Waals surface area contributed by atoms with Crippen LogP contribution in [0.15, 0.2) is 53.0 Å². The smallest absolute Gasteiger partial charge is 0.183 e. The SMILES string of the molecule is CN(C)CCNc1nc(-c2nccc3c2N=C(CCc2ccccc2)CC3=O)cs1. The molecule has 0 saturated heterocycles. The second-order valence-electron chi connectivity index (χ2n) is 7.59. The number of hydrogen-bond donors (Lipinski definition) is 1. The van der Waals surface area contributed by atoms with Crippen LogP contribution in [-0.4, -0.2) is 53.5 Å². The molecule has 0 atom stereocenters. The third-order valence-corrected chi connectivity index (χ3v) is 5.79. The molecular weight excluding hydrogens is 394 g/mol. The third-order valence-electron chi connectivity index (χ3n) is 4.99. The molecule has 7 heteroatoms. The summed E-state index contributed by atoms with van der Waals surface area (Å²) in [5, 5.41) is 6.16. The van der Waals surface area contributed by atoms with Crippen LogP contribution in [-0.2, 0) is 6.42 Å². The van der Waals surface area contributed by atoms with Gasteiger partial charge in [-0.2, -0.15) is 0 Å². The average molecular weight is 420 g/mol. The largest absolute Gasteiger partial charge is 0.360 e. The fraction of sp³-hybridized carbons (Fsp3) is 0.304. The molecule has 0 amide bonds. The van der Waals surface area contributed by atoms with E-state index in [1.807, 2.05) is 37.7 Å². The highest BCUT2D eigenvalue weighted by Gasteiger charge is 2.24. The van der Waals surface area contributed by atoms with E-state index < -0.39 is 0 Å². The first-order chi connectivity index (χ1) is 14.6. The summed E-state index contributed by atoms with van der Waals surface area (Å²) < 4.78 is 0. The zero-order valence-electron chi connectivity index (χ0n) is 17.3. The van der Waals surface area contributed by atoms with Gasteiger partial charge in [-0.3, -0.25) is 14.8 Å². The van der Waals surface area contributed by atoms with Crippen molar-refractivity contribution in [2.24, 2.45) is 4.99 Å². The van der Waals surface area contributed by atoms with Crippen LogP contribution in [0, 0.1) is 0 Å². The van der Waals surface area contributed by atoms with Gasteiger partial charge >= 0.3 is 0 Å². The second-order valence-corrected chi connectivity index (χ2v) is 8.45. The van der Waals surface area contributed by atoms with Crippen molar-refractivity contribution in [1.82, 2.24) is 14.9 Å². The zero-order chi connectivity index (χ0) is 20.9. The van der Waals surface area contributed by atoms with Crippen molar-refractivity contribution in [2.45, 2.75) is 19.3 Å². The number of carbonyl (C=O) groups excluding carboxylic acids is 1. The van der Waals surface area contributed by atoms with Crippen molar-refractivity contribution in [3.8, 4) is 11.4 Å². The Morgan fingerprint density at radius 1 is 1.13 bits per heavy atom. The molecule has 0 spiro atoms. The number of benzene rings is 1. The minimum Gasteiger partial charge on any atom is -0.360 e. The molecule has 6 nitrogen and oxygen atoms in total. The van der Waals surface area contributed by atoms with E-state index in [1.165, 1.54) is 5.56 Å². The first-order valence-electron chi connectivity index (χ1n) is 10.1. The fourth-order valence-corrected chi connectivity index (χ4v) is 4.11. The molecule has 1 aliphatic heterocycles. The van der Waals surface area contributed by atoms with Crippen molar-refractivity contribution < 1.29 is 4.79 Å². The molecule has 3 aromatic rings. The van der Waals surface area contributed by atoms with Gasteiger partial charge < -0.3 is 10.2 Å². The van der Waals surface area contributed by atoms with E-state index >= 15 is 0 Å². The van der Waals surface area contributed by atoms with Crippen molar-refractivity contribution in [2.75, 3.05) is 32.5 Å².